The first-order valence-corrected chi connectivity index (χ1v) is 24.7. The van der Waals surface area contributed by atoms with E-state index < -0.39 is 18.4 Å². The number of benzene rings is 1. The zero-order chi connectivity index (χ0) is 30.7. The Hall–Kier alpha value is -1.88. The molecule has 0 aliphatic carbocycles. The maximum Gasteiger partial charge on any atom is 0.298 e. The molecule has 1 aromatic carbocycles. The molecule has 0 saturated carbocycles. The van der Waals surface area contributed by atoms with E-state index in [1.165, 1.54) is 63.2 Å². The van der Waals surface area contributed by atoms with Gasteiger partial charge in [-0.1, -0.05) is 11.6 Å². The summed E-state index contributed by atoms with van der Waals surface area (Å²) in [7, 11) is 1.60. The van der Waals surface area contributed by atoms with Gasteiger partial charge in [0, 0.05) is 37.3 Å². The summed E-state index contributed by atoms with van der Waals surface area (Å²) in [5.41, 5.74) is 2.13. The number of methoxy groups -OCH3 is 1. The van der Waals surface area contributed by atoms with Crippen LogP contribution in [0.2, 0.25) is 18.3 Å². The van der Waals surface area contributed by atoms with Crippen LogP contribution in [0.15, 0.2) is 46.5 Å². The number of pyridine rings is 1. The summed E-state index contributed by atoms with van der Waals surface area (Å²) < 4.78 is 17.7. The van der Waals surface area contributed by atoms with Crippen molar-refractivity contribution < 1.29 is 9.15 Å². The van der Waals surface area contributed by atoms with Gasteiger partial charge in [-0.15, -0.1) is 11.3 Å². The van der Waals surface area contributed by atoms with Gasteiger partial charge in [0.15, 0.2) is 11.3 Å². The molecule has 0 amide bonds. The Morgan fingerprint density at radius 1 is 1.07 bits per heavy atom. The molecule has 234 valence electrons. The van der Waals surface area contributed by atoms with Crippen LogP contribution in [-0.4, -0.2) is 66.1 Å². The van der Waals surface area contributed by atoms with Crippen LogP contribution in [0.25, 0.3) is 21.7 Å². The molecule has 1 aliphatic rings. The predicted octanol–water partition coefficient (Wildman–Crippen LogP) is 8.55. The zero-order valence-corrected chi connectivity index (χ0v) is 30.9. The number of oxazole rings is 1. The topological polar surface area (TPSA) is 76.3 Å². The van der Waals surface area contributed by atoms with Crippen molar-refractivity contribution in [2.45, 2.75) is 85.6 Å². The van der Waals surface area contributed by atoms with Crippen LogP contribution < -0.4 is 18.7 Å². The number of rotatable bonds is 13. The largest absolute Gasteiger partial charge is 0.494 e. The van der Waals surface area contributed by atoms with Crippen LogP contribution in [0.5, 0.6) is 5.75 Å². The third kappa shape index (κ3) is 8.44. The van der Waals surface area contributed by atoms with Crippen molar-refractivity contribution >= 4 is 62.1 Å². The number of ether oxygens (including phenoxy) is 1. The van der Waals surface area contributed by atoms with Gasteiger partial charge in [-0.25, -0.2) is 4.98 Å². The van der Waals surface area contributed by atoms with Gasteiger partial charge in [0.1, 0.15) is 10.5 Å². The van der Waals surface area contributed by atoms with Crippen LogP contribution in [0, 0.1) is 0 Å². The molecule has 5 rings (SSSR count). The molecule has 0 spiro atoms. The van der Waals surface area contributed by atoms with Gasteiger partial charge in [-0.05, 0) is 13.0 Å². The fourth-order valence-corrected chi connectivity index (χ4v) is 22.4. The van der Waals surface area contributed by atoms with E-state index in [0.717, 1.165) is 30.2 Å². The molecule has 0 unspecified atom stereocenters. The maximum absolute atomic E-state index is 6.40. The normalized spacial score (nSPS) is 15.4. The third-order valence-corrected chi connectivity index (χ3v) is 24.6. The SMILES string of the molecule is CCC[CH2][Sn]([CH2]CCC)([CH2]CCC)[c]1ccccn1.COc1c(Cl)cc2nc(N3CCNC[C@@H]3C)oc2c1-c1nccs1. The molecule has 7 nitrogen and oxygen atoms in total. The molecule has 43 heavy (non-hydrogen) atoms. The van der Waals surface area contributed by atoms with E-state index in [2.05, 4.69) is 66.1 Å². The van der Waals surface area contributed by atoms with Crippen molar-refractivity contribution in [1.29, 1.82) is 0 Å². The Morgan fingerprint density at radius 2 is 1.79 bits per heavy atom. The summed E-state index contributed by atoms with van der Waals surface area (Å²) in [6.07, 6.45) is 12.0. The van der Waals surface area contributed by atoms with E-state index >= 15 is 0 Å². The van der Waals surface area contributed by atoms with Crippen LogP contribution in [0.4, 0.5) is 6.01 Å². The number of fused-ring (bicyclic) bond motifs is 1. The summed E-state index contributed by atoms with van der Waals surface area (Å²) in [5.74, 6) is 0.565. The minimum absolute atomic E-state index is 0.312. The van der Waals surface area contributed by atoms with Crippen LogP contribution >= 0.6 is 22.9 Å². The number of piperazine rings is 1. The number of hydrogen-bond acceptors (Lipinski definition) is 8. The average Bonchev–Trinajstić information content (AvgIpc) is 3.72. The molecular formula is C33H48ClN5O2SSn. The molecule has 1 fully saturated rings. The second-order valence-corrected chi connectivity index (χ2v) is 25.9. The van der Waals surface area contributed by atoms with Crippen molar-refractivity contribution in [2.24, 2.45) is 0 Å². The summed E-state index contributed by atoms with van der Waals surface area (Å²) in [4.78, 5) is 16.0. The molecule has 4 aromatic rings. The summed E-state index contributed by atoms with van der Waals surface area (Å²) >= 11 is 5.70. The predicted molar refractivity (Wildman–Crippen MR) is 185 cm³/mol. The van der Waals surface area contributed by atoms with Gasteiger partial charge >= 0.3 is 124 Å². The number of unbranched alkanes of at least 4 members (excludes halogenated alkanes) is 3. The first-order valence-electron chi connectivity index (χ1n) is 15.9. The molecule has 1 saturated heterocycles. The number of nitrogens with one attached hydrogen (secondary N) is 1. The number of nitrogens with zero attached hydrogens (tertiary/aromatic N) is 4. The standard InChI is InChI=1S/C16H17ClN4O2S.C5H4N.3C4H9.Sn/c1-9-8-18-3-5-21(9)16-20-11-7-10(17)13(22-2)12(14(11)23-16)15-19-4-6-24-15;1-2-4-6-5-3-1;3*1-3-4-2;/h4,6-7,9,18H,3,5,8H2,1-2H3;1-4H;3*1,3-4H2,2H3;/t9-;;;;;/m0...../s1. The van der Waals surface area contributed by atoms with E-state index in [1.54, 1.807) is 23.1 Å². The Bertz CT molecular complexity index is 1360. The maximum atomic E-state index is 6.40. The Labute approximate surface area is 270 Å². The molecule has 1 aliphatic heterocycles. The van der Waals surface area contributed by atoms with Crippen molar-refractivity contribution in [2.75, 3.05) is 31.6 Å². The van der Waals surface area contributed by atoms with E-state index in [9.17, 15) is 0 Å². The number of halogens is 1. The molecule has 1 N–H and O–H groups in total. The molecule has 1 atom stereocenters. The van der Waals surface area contributed by atoms with Gasteiger partial charge in [0.2, 0.25) is 0 Å². The first kappa shape index (κ1) is 34.0. The monoisotopic (exact) mass is 733 g/mol. The average molecular weight is 733 g/mol. The molecule has 0 radical (unpaired) electrons. The van der Waals surface area contributed by atoms with Gasteiger partial charge in [-0.3, -0.25) is 0 Å². The van der Waals surface area contributed by atoms with E-state index in [0.29, 0.717) is 33.9 Å². The molecule has 3 aromatic heterocycles. The van der Waals surface area contributed by atoms with Crippen LogP contribution in [-0.2, 0) is 0 Å². The van der Waals surface area contributed by atoms with Gasteiger partial charge in [-0.2, -0.15) is 4.98 Å². The molecule has 10 heteroatoms. The van der Waals surface area contributed by atoms with E-state index in [-0.39, 0.29) is 0 Å². The minimum atomic E-state index is -2.21. The van der Waals surface area contributed by atoms with Crippen molar-refractivity contribution in [3.63, 3.8) is 0 Å². The van der Waals surface area contributed by atoms with Crippen molar-refractivity contribution in [1.82, 2.24) is 20.3 Å². The fraction of sp³-hybridized carbons (Fsp3) is 0.545. The molecular weight excluding hydrogens is 685 g/mol. The Morgan fingerprint density at radius 3 is 2.35 bits per heavy atom. The first-order chi connectivity index (χ1) is 21.0. The number of hydrogen-bond donors (Lipinski definition) is 1. The van der Waals surface area contributed by atoms with E-state index in [1.807, 2.05) is 11.6 Å². The smallest absolute Gasteiger partial charge is 0.298 e. The van der Waals surface area contributed by atoms with Crippen molar-refractivity contribution in [3.05, 3.63) is 47.1 Å². The summed E-state index contributed by atoms with van der Waals surface area (Å²) in [6, 6.07) is 9.33. The minimum Gasteiger partial charge on any atom is -0.494 e. The van der Waals surface area contributed by atoms with Crippen LogP contribution in [0.1, 0.15) is 66.2 Å². The third-order valence-electron chi connectivity index (χ3n) is 8.41. The van der Waals surface area contributed by atoms with Gasteiger partial charge < -0.3 is 19.4 Å². The Balaban J connectivity index is 0.000000204. The fourth-order valence-electron chi connectivity index (χ4n) is 5.98. The molecule has 0 bridgehead atoms. The summed E-state index contributed by atoms with van der Waals surface area (Å²) in [5, 5.41) is 6.59. The van der Waals surface area contributed by atoms with E-state index in [4.69, 9.17) is 25.7 Å². The summed E-state index contributed by atoms with van der Waals surface area (Å²) in [6.45, 7) is 11.8. The number of aromatic nitrogens is 3. The Kier molecular flexibility index (Phi) is 13.4. The second kappa shape index (κ2) is 17.0. The number of thiazole rings is 1. The molecule has 4 heterocycles. The van der Waals surface area contributed by atoms with Gasteiger partial charge in [0.05, 0.1) is 17.7 Å². The van der Waals surface area contributed by atoms with Gasteiger partial charge in [0.25, 0.3) is 6.01 Å². The quantitative estimate of drug-likeness (QED) is 0.138. The number of anilines is 1. The zero-order valence-electron chi connectivity index (χ0n) is 26.5. The van der Waals surface area contributed by atoms with Crippen LogP contribution in [0.3, 0.4) is 0 Å². The van der Waals surface area contributed by atoms with Crippen molar-refractivity contribution in [3.8, 4) is 16.3 Å². The second-order valence-electron chi connectivity index (χ2n) is 11.5.